The molecule has 1 N–H and O–H groups in total. The Kier molecular flexibility index (Phi) is 5.90. The number of rotatable bonds is 7. The van der Waals surface area contributed by atoms with Gasteiger partial charge in [0.25, 0.3) is 0 Å². The normalized spacial score (nSPS) is 13.1. The van der Waals surface area contributed by atoms with E-state index in [0.717, 1.165) is 16.8 Å². The molecule has 0 aromatic heterocycles. The first-order valence-electron chi connectivity index (χ1n) is 9.78. The van der Waals surface area contributed by atoms with Crippen LogP contribution in [0.25, 0.3) is 0 Å². The van der Waals surface area contributed by atoms with E-state index in [0.29, 0.717) is 12.3 Å². The molecule has 1 atom stereocenters. The topological polar surface area (TPSA) is 62.1 Å². The predicted octanol–water partition coefficient (Wildman–Crippen LogP) is 4.48. The van der Waals surface area contributed by atoms with Crippen molar-refractivity contribution in [2.45, 2.75) is 19.1 Å². The summed E-state index contributed by atoms with van der Waals surface area (Å²) in [5.74, 6) is 0.508. The maximum atomic E-state index is 13.3. The lowest BCUT2D eigenvalue weighted by Crippen LogP contribution is -2.48. The molecular weight excluding hydrogens is 376 g/mol. The van der Waals surface area contributed by atoms with E-state index in [2.05, 4.69) is 4.99 Å². The molecule has 0 fully saturated rings. The molecule has 4 rings (SSSR count). The minimum atomic E-state index is -0.607. The Hall–Kier alpha value is -3.86. The molecule has 0 aliphatic carbocycles. The molecule has 0 amide bonds. The van der Waals surface area contributed by atoms with Crippen molar-refractivity contribution >= 4 is 17.5 Å². The van der Waals surface area contributed by atoms with Gasteiger partial charge in [-0.1, -0.05) is 60.7 Å². The van der Waals surface area contributed by atoms with Crippen LogP contribution in [0.5, 0.6) is 5.75 Å². The van der Waals surface area contributed by atoms with Crippen molar-refractivity contribution in [3.8, 4) is 5.75 Å². The molecule has 150 valence electrons. The zero-order valence-corrected chi connectivity index (χ0v) is 16.4. The summed E-state index contributed by atoms with van der Waals surface area (Å²) < 4.78 is 5.70. The average Bonchev–Trinajstić information content (AvgIpc) is 2.75. The summed E-state index contributed by atoms with van der Waals surface area (Å²) in [6, 6.07) is 25.6. The Morgan fingerprint density at radius 1 is 0.900 bits per heavy atom. The third-order valence-electron chi connectivity index (χ3n) is 4.88. The van der Waals surface area contributed by atoms with E-state index in [4.69, 9.17) is 4.74 Å². The van der Waals surface area contributed by atoms with E-state index >= 15 is 0 Å². The highest BCUT2D eigenvalue weighted by Gasteiger charge is 2.32. The summed E-state index contributed by atoms with van der Waals surface area (Å²) in [6.45, 7) is 0.205. The first kappa shape index (κ1) is 19.5. The Labute approximate surface area is 175 Å². The van der Waals surface area contributed by atoms with Crippen molar-refractivity contribution in [2.24, 2.45) is 4.99 Å². The van der Waals surface area contributed by atoms with Crippen molar-refractivity contribution < 1.29 is 14.6 Å². The average molecular weight is 398 g/mol. The molecule has 30 heavy (non-hydrogen) atoms. The third-order valence-corrected chi connectivity index (χ3v) is 4.88. The van der Waals surface area contributed by atoms with Gasteiger partial charge >= 0.3 is 5.97 Å². The Balaban J connectivity index is 1.63. The van der Waals surface area contributed by atoms with E-state index in [1.165, 1.54) is 0 Å². The minimum absolute atomic E-state index is 0.163. The number of aromatic hydroxyl groups is 1. The van der Waals surface area contributed by atoms with Crippen LogP contribution in [-0.2, 0) is 22.6 Å². The van der Waals surface area contributed by atoms with Crippen molar-refractivity contribution in [3.63, 3.8) is 0 Å². The standard InChI is InChI=1S/C25H22N2O3/c28-22-13-11-21(12-14-22)27(24-15-16-26-24)23(17-19-7-3-1-4-8-19)25(29)30-18-20-9-5-2-6-10-20/h1-16,23,28H,17-18H2/t23-/m0/s1. The Morgan fingerprint density at radius 2 is 1.50 bits per heavy atom. The SMILES string of the molecule is O=C(OCc1ccccc1)[C@H](Cc1ccccc1)N(C1=NC=C1)c1ccc(O)cc1. The zero-order chi connectivity index (χ0) is 20.8. The molecular formula is C25H22N2O3. The maximum absolute atomic E-state index is 13.3. The second-order valence-electron chi connectivity index (χ2n) is 6.99. The molecule has 0 radical (unpaired) electrons. The van der Waals surface area contributed by atoms with Gasteiger partial charge in [-0.05, 0) is 41.5 Å². The molecule has 0 saturated carbocycles. The molecule has 0 unspecified atom stereocenters. The third kappa shape index (κ3) is 4.58. The molecule has 0 saturated heterocycles. The molecule has 3 aromatic rings. The van der Waals surface area contributed by atoms with Gasteiger partial charge in [-0.3, -0.25) is 0 Å². The van der Waals surface area contributed by atoms with Crippen LogP contribution in [0.4, 0.5) is 5.69 Å². The van der Waals surface area contributed by atoms with E-state index in [-0.39, 0.29) is 18.3 Å². The van der Waals surface area contributed by atoms with Crippen LogP contribution >= 0.6 is 0 Å². The second-order valence-corrected chi connectivity index (χ2v) is 6.99. The van der Waals surface area contributed by atoms with Gasteiger partial charge in [0.15, 0.2) is 0 Å². The molecule has 0 spiro atoms. The van der Waals surface area contributed by atoms with Gasteiger partial charge in [-0.25, -0.2) is 9.79 Å². The number of phenols is 1. The lowest BCUT2D eigenvalue weighted by Gasteiger charge is -2.33. The summed E-state index contributed by atoms with van der Waals surface area (Å²) in [7, 11) is 0. The first-order chi connectivity index (χ1) is 14.7. The van der Waals surface area contributed by atoms with Gasteiger partial charge in [0.1, 0.15) is 24.2 Å². The van der Waals surface area contributed by atoms with Crippen LogP contribution < -0.4 is 4.90 Å². The maximum Gasteiger partial charge on any atom is 0.329 e. The van der Waals surface area contributed by atoms with E-state index in [9.17, 15) is 9.90 Å². The van der Waals surface area contributed by atoms with Crippen molar-refractivity contribution in [3.05, 3.63) is 108 Å². The number of nitrogens with zero attached hydrogens (tertiary/aromatic N) is 2. The molecule has 1 heterocycles. The molecule has 1 aliphatic heterocycles. The lowest BCUT2D eigenvalue weighted by atomic mass is 10.0. The first-order valence-corrected chi connectivity index (χ1v) is 9.78. The largest absolute Gasteiger partial charge is 0.508 e. The quantitative estimate of drug-likeness (QED) is 0.596. The van der Waals surface area contributed by atoms with Gasteiger partial charge in [0, 0.05) is 18.3 Å². The number of hydrogen-bond donors (Lipinski definition) is 1. The van der Waals surface area contributed by atoms with Crippen LogP contribution in [-0.4, -0.2) is 23.0 Å². The fraction of sp³-hybridized carbons (Fsp3) is 0.120. The molecule has 5 nitrogen and oxygen atoms in total. The number of carbonyl (C=O) groups is 1. The molecule has 0 bridgehead atoms. The Morgan fingerprint density at radius 3 is 2.07 bits per heavy atom. The highest BCUT2D eigenvalue weighted by atomic mass is 16.5. The summed E-state index contributed by atoms with van der Waals surface area (Å²) in [5.41, 5.74) is 2.71. The molecule has 5 heteroatoms. The summed E-state index contributed by atoms with van der Waals surface area (Å²) in [6.07, 6.45) is 4.01. The summed E-state index contributed by atoms with van der Waals surface area (Å²) >= 11 is 0. The van der Waals surface area contributed by atoms with Crippen molar-refractivity contribution in [1.82, 2.24) is 0 Å². The van der Waals surface area contributed by atoms with E-state index < -0.39 is 6.04 Å². The summed E-state index contributed by atoms with van der Waals surface area (Å²) in [4.78, 5) is 19.4. The number of esters is 1. The smallest absolute Gasteiger partial charge is 0.329 e. The van der Waals surface area contributed by atoms with Crippen molar-refractivity contribution in [1.29, 1.82) is 0 Å². The fourth-order valence-corrected chi connectivity index (χ4v) is 3.31. The number of aliphatic imine (C=N–C) groups is 1. The highest BCUT2D eigenvalue weighted by molar-refractivity contribution is 6.12. The van der Waals surface area contributed by atoms with Crippen LogP contribution in [0.2, 0.25) is 0 Å². The number of hydrogen-bond acceptors (Lipinski definition) is 5. The number of phenolic OH excluding ortho intramolecular Hbond substituents is 1. The summed E-state index contributed by atoms with van der Waals surface area (Å²) in [5, 5.41) is 9.69. The zero-order valence-electron chi connectivity index (χ0n) is 16.4. The fourth-order valence-electron chi connectivity index (χ4n) is 3.31. The number of amidine groups is 1. The van der Waals surface area contributed by atoms with E-state index in [1.807, 2.05) is 71.6 Å². The van der Waals surface area contributed by atoms with E-state index in [1.54, 1.807) is 30.5 Å². The van der Waals surface area contributed by atoms with Crippen LogP contribution in [0, 0.1) is 0 Å². The van der Waals surface area contributed by atoms with Crippen LogP contribution in [0.3, 0.4) is 0 Å². The molecule has 3 aromatic carbocycles. The monoisotopic (exact) mass is 398 g/mol. The van der Waals surface area contributed by atoms with Gasteiger partial charge in [-0.2, -0.15) is 0 Å². The van der Waals surface area contributed by atoms with Crippen molar-refractivity contribution in [2.75, 3.05) is 4.90 Å². The van der Waals surface area contributed by atoms with Gasteiger partial charge < -0.3 is 14.7 Å². The van der Waals surface area contributed by atoms with Gasteiger partial charge in [0.05, 0.1) is 0 Å². The lowest BCUT2D eigenvalue weighted by molar-refractivity contribution is -0.146. The van der Waals surface area contributed by atoms with Gasteiger partial charge in [0.2, 0.25) is 0 Å². The number of ether oxygens (including phenoxy) is 1. The Bertz CT molecular complexity index is 1040. The highest BCUT2D eigenvalue weighted by Crippen LogP contribution is 2.26. The number of benzene rings is 3. The van der Waals surface area contributed by atoms with Gasteiger partial charge in [-0.15, -0.1) is 0 Å². The molecule has 1 aliphatic rings. The number of carbonyl (C=O) groups excluding carboxylic acids is 1. The second kappa shape index (κ2) is 9.09. The minimum Gasteiger partial charge on any atom is -0.508 e. The predicted molar refractivity (Wildman–Crippen MR) is 117 cm³/mol. The van der Waals surface area contributed by atoms with Crippen LogP contribution in [0.15, 0.2) is 102 Å². The van der Waals surface area contributed by atoms with Crippen LogP contribution in [0.1, 0.15) is 11.1 Å². The number of anilines is 1.